The van der Waals surface area contributed by atoms with E-state index in [1.807, 2.05) is 0 Å². The summed E-state index contributed by atoms with van der Waals surface area (Å²) in [6.07, 6.45) is 2.66. The van der Waals surface area contributed by atoms with Crippen molar-refractivity contribution in [3.63, 3.8) is 0 Å². The number of nitrogens with one attached hydrogen (secondary N) is 1. The first-order valence-corrected chi connectivity index (χ1v) is 6.56. The standard InChI is InChI=1S/C12H15ClN2S.ClH/c1-4-10-11(13)12(15-6-14-10)9-5-7(2)16-8(9)3;/h5-6,12H,4H2,1-3H3,(H,14,15);1H. The minimum atomic E-state index is -0.0113. The Labute approximate surface area is 117 Å². The van der Waals surface area contributed by atoms with E-state index in [0.29, 0.717) is 0 Å². The molecule has 0 radical (unpaired) electrons. The van der Waals surface area contributed by atoms with Gasteiger partial charge in [0.2, 0.25) is 0 Å². The molecule has 17 heavy (non-hydrogen) atoms. The van der Waals surface area contributed by atoms with Crippen molar-refractivity contribution in [2.45, 2.75) is 33.2 Å². The van der Waals surface area contributed by atoms with Crippen molar-refractivity contribution in [1.82, 2.24) is 5.32 Å². The highest BCUT2D eigenvalue weighted by molar-refractivity contribution is 7.12. The SMILES string of the molecule is CCC1=C(Cl)C(c2cc(C)sc2C)N=CN1.Cl. The Morgan fingerprint density at radius 3 is 2.71 bits per heavy atom. The second kappa shape index (κ2) is 5.89. The lowest BCUT2D eigenvalue weighted by molar-refractivity contribution is 0.811. The van der Waals surface area contributed by atoms with Crippen molar-refractivity contribution in [1.29, 1.82) is 0 Å². The lowest BCUT2D eigenvalue weighted by Gasteiger charge is -2.20. The maximum absolute atomic E-state index is 6.37. The molecule has 2 rings (SSSR count). The predicted molar refractivity (Wildman–Crippen MR) is 78.6 cm³/mol. The zero-order valence-electron chi connectivity index (χ0n) is 10.1. The monoisotopic (exact) mass is 290 g/mol. The van der Waals surface area contributed by atoms with E-state index in [1.165, 1.54) is 15.3 Å². The van der Waals surface area contributed by atoms with Gasteiger partial charge in [-0.3, -0.25) is 4.99 Å². The summed E-state index contributed by atoms with van der Waals surface area (Å²) in [6, 6.07) is 2.17. The van der Waals surface area contributed by atoms with Gasteiger partial charge in [0, 0.05) is 15.5 Å². The van der Waals surface area contributed by atoms with E-state index >= 15 is 0 Å². The molecule has 1 unspecified atom stereocenters. The molecule has 2 nitrogen and oxygen atoms in total. The average molecular weight is 291 g/mol. The molecule has 2 heterocycles. The molecule has 0 saturated carbocycles. The van der Waals surface area contributed by atoms with Crippen molar-refractivity contribution in [2.75, 3.05) is 0 Å². The van der Waals surface area contributed by atoms with Crippen molar-refractivity contribution in [3.8, 4) is 0 Å². The number of rotatable bonds is 2. The molecule has 94 valence electrons. The number of aryl methyl sites for hydroxylation is 2. The molecule has 1 atom stereocenters. The molecule has 1 N–H and O–H groups in total. The highest BCUT2D eigenvalue weighted by atomic mass is 35.5. The molecule has 5 heteroatoms. The van der Waals surface area contributed by atoms with E-state index < -0.39 is 0 Å². The zero-order valence-corrected chi connectivity index (χ0v) is 12.5. The van der Waals surface area contributed by atoms with E-state index in [4.69, 9.17) is 11.6 Å². The van der Waals surface area contributed by atoms with Crippen molar-refractivity contribution in [3.05, 3.63) is 32.1 Å². The third-order valence-electron chi connectivity index (χ3n) is 2.72. The first-order valence-electron chi connectivity index (χ1n) is 5.37. The quantitative estimate of drug-likeness (QED) is 0.862. The Balaban J connectivity index is 0.00000144. The van der Waals surface area contributed by atoms with Crippen LogP contribution in [-0.2, 0) is 0 Å². The summed E-state index contributed by atoms with van der Waals surface area (Å²) >= 11 is 8.17. The number of thiophene rings is 1. The van der Waals surface area contributed by atoms with Gasteiger partial charge in [-0.2, -0.15) is 0 Å². The van der Waals surface area contributed by atoms with Gasteiger partial charge in [0.1, 0.15) is 6.04 Å². The molecule has 0 fully saturated rings. The number of aliphatic imine (C=N–C) groups is 1. The van der Waals surface area contributed by atoms with E-state index in [0.717, 1.165) is 17.2 Å². The summed E-state index contributed by atoms with van der Waals surface area (Å²) in [7, 11) is 0. The van der Waals surface area contributed by atoms with Gasteiger partial charge in [0.05, 0.1) is 11.4 Å². The highest BCUT2D eigenvalue weighted by Crippen LogP contribution is 2.37. The molecule has 0 bridgehead atoms. The molecule has 1 aromatic rings. The van der Waals surface area contributed by atoms with Crippen LogP contribution in [0.4, 0.5) is 0 Å². The Morgan fingerprint density at radius 2 is 2.18 bits per heavy atom. The van der Waals surface area contributed by atoms with Gasteiger partial charge in [0.25, 0.3) is 0 Å². The second-order valence-corrected chi connectivity index (χ2v) is 5.74. The summed E-state index contributed by atoms with van der Waals surface area (Å²) in [5, 5.41) is 3.93. The topological polar surface area (TPSA) is 24.4 Å². The fourth-order valence-corrected chi connectivity index (χ4v) is 3.22. The van der Waals surface area contributed by atoms with Gasteiger partial charge in [-0.25, -0.2) is 0 Å². The molecule has 0 aliphatic carbocycles. The van der Waals surface area contributed by atoms with Crippen molar-refractivity contribution < 1.29 is 0 Å². The summed E-state index contributed by atoms with van der Waals surface area (Å²) < 4.78 is 0. The molecule has 0 amide bonds. The lowest BCUT2D eigenvalue weighted by atomic mass is 10.1. The molecule has 1 aliphatic rings. The Bertz CT molecular complexity index is 463. The van der Waals surface area contributed by atoms with Crippen LogP contribution in [0.15, 0.2) is 21.8 Å². The lowest BCUT2D eigenvalue weighted by Crippen LogP contribution is -2.19. The molecule has 0 saturated heterocycles. The minimum absolute atomic E-state index is 0. The van der Waals surface area contributed by atoms with E-state index in [9.17, 15) is 0 Å². The van der Waals surface area contributed by atoms with Gasteiger partial charge in [-0.05, 0) is 31.9 Å². The third kappa shape index (κ3) is 2.84. The molecule has 0 aromatic carbocycles. The number of nitrogens with zero attached hydrogens (tertiary/aromatic N) is 1. The van der Waals surface area contributed by atoms with E-state index in [-0.39, 0.29) is 18.4 Å². The maximum Gasteiger partial charge on any atom is 0.115 e. The van der Waals surface area contributed by atoms with E-state index in [1.54, 1.807) is 17.7 Å². The smallest absolute Gasteiger partial charge is 0.115 e. The number of hydrogen-bond donors (Lipinski definition) is 1. The minimum Gasteiger partial charge on any atom is -0.349 e. The Hall–Kier alpha value is -0.510. The molecular weight excluding hydrogens is 275 g/mol. The van der Waals surface area contributed by atoms with Gasteiger partial charge in [-0.15, -0.1) is 23.7 Å². The number of hydrogen-bond acceptors (Lipinski definition) is 3. The van der Waals surface area contributed by atoms with Crippen LogP contribution in [-0.4, -0.2) is 6.34 Å². The van der Waals surface area contributed by atoms with Crippen LogP contribution in [0, 0.1) is 13.8 Å². The summed E-state index contributed by atoms with van der Waals surface area (Å²) in [6.45, 7) is 6.33. The maximum atomic E-state index is 6.37. The first kappa shape index (κ1) is 14.6. The fourth-order valence-electron chi connectivity index (χ4n) is 1.90. The largest absolute Gasteiger partial charge is 0.349 e. The zero-order chi connectivity index (χ0) is 11.7. The second-order valence-electron chi connectivity index (χ2n) is 3.87. The van der Waals surface area contributed by atoms with Crippen LogP contribution in [0.2, 0.25) is 0 Å². The van der Waals surface area contributed by atoms with Crippen molar-refractivity contribution in [2.24, 2.45) is 4.99 Å². The van der Waals surface area contributed by atoms with Crippen LogP contribution in [0.5, 0.6) is 0 Å². The number of halogens is 2. The van der Waals surface area contributed by atoms with Crippen LogP contribution in [0.25, 0.3) is 0 Å². The molecular formula is C12H16Cl2N2S. The highest BCUT2D eigenvalue weighted by Gasteiger charge is 2.22. The molecule has 1 aromatic heterocycles. The average Bonchev–Trinajstić information content (AvgIpc) is 2.58. The summed E-state index contributed by atoms with van der Waals surface area (Å²) in [4.78, 5) is 7.04. The van der Waals surface area contributed by atoms with Crippen LogP contribution >= 0.6 is 35.3 Å². The van der Waals surface area contributed by atoms with E-state index in [2.05, 4.69) is 37.1 Å². The molecule has 1 aliphatic heterocycles. The number of allylic oxidation sites excluding steroid dienone is 1. The van der Waals surface area contributed by atoms with Crippen LogP contribution < -0.4 is 5.32 Å². The fraction of sp³-hybridized carbons (Fsp3) is 0.417. The van der Waals surface area contributed by atoms with Gasteiger partial charge < -0.3 is 5.32 Å². The van der Waals surface area contributed by atoms with Crippen LogP contribution in [0.3, 0.4) is 0 Å². The summed E-state index contributed by atoms with van der Waals surface area (Å²) in [5.74, 6) is 0. The summed E-state index contributed by atoms with van der Waals surface area (Å²) in [5.41, 5.74) is 2.31. The van der Waals surface area contributed by atoms with Crippen LogP contribution in [0.1, 0.15) is 34.7 Å². The predicted octanol–water partition coefficient (Wildman–Crippen LogP) is 4.32. The normalized spacial score (nSPS) is 18.9. The third-order valence-corrected chi connectivity index (χ3v) is 4.13. The Kier molecular flexibility index (Phi) is 5.04. The Morgan fingerprint density at radius 1 is 1.47 bits per heavy atom. The first-order chi connectivity index (χ1) is 7.63. The molecule has 0 spiro atoms. The van der Waals surface area contributed by atoms with Crippen molar-refractivity contribution >= 4 is 41.7 Å². The van der Waals surface area contributed by atoms with Gasteiger partial charge >= 0.3 is 0 Å². The van der Waals surface area contributed by atoms with Gasteiger partial charge in [-0.1, -0.05) is 18.5 Å². The van der Waals surface area contributed by atoms with Gasteiger partial charge in [0.15, 0.2) is 0 Å².